The summed E-state index contributed by atoms with van der Waals surface area (Å²) in [7, 11) is 0. The standard InChI is InChI=1S/C14H17N5O2/c15-14(3-7-21-8-4-14)13(20)18-11-1-2-12(17-9-11)19-6-5-16-10-19/h1-2,5-6,9-10H,3-4,7-8,15H2,(H,18,20). The van der Waals surface area contributed by atoms with Crippen LogP contribution < -0.4 is 11.1 Å². The molecule has 0 saturated carbocycles. The summed E-state index contributed by atoms with van der Waals surface area (Å²) < 4.78 is 7.03. The molecule has 7 heteroatoms. The van der Waals surface area contributed by atoms with E-state index < -0.39 is 5.54 Å². The lowest BCUT2D eigenvalue weighted by Gasteiger charge is -2.31. The van der Waals surface area contributed by atoms with Crippen LogP contribution in [-0.4, -0.2) is 39.2 Å². The molecule has 0 aliphatic carbocycles. The van der Waals surface area contributed by atoms with Gasteiger partial charge in [0.05, 0.1) is 11.9 Å². The third-order valence-electron chi connectivity index (χ3n) is 3.61. The summed E-state index contributed by atoms with van der Waals surface area (Å²) in [6, 6.07) is 3.60. The van der Waals surface area contributed by atoms with Gasteiger partial charge in [0, 0.05) is 25.6 Å². The first kappa shape index (κ1) is 13.7. The van der Waals surface area contributed by atoms with Crippen molar-refractivity contribution in [2.45, 2.75) is 18.4 Å². The lowest BCUT2D eigenvalue weighted by molar-refractivity contribution is -0.124. The van der Waals surface area contributed by atoms with Crippen LogP contribution in [0.15, 0.2) is 37.1 Å². The molecule has 0 bridgehead atoms. The second kappa shape index (κ2) is 5.63. The van der Waals surface area contributed by atoms with E-state index in [-0.39, 0.29) is 5.91 Å². The number of pyridine rings is 1. The molecule has 2 aromatic rings. The van der Waals surface area contributed by atoms with Crippen molar-refractivity contribution >= 4 is 11.6 Å². The third-order valence-corrected chi connectivity index (χ3v) is 3.61. The Bertz CT molecular complexity index is 603. The number of amides is 1. The zero-order valence-electron chi connectivity index (χ0n) is 11.5. The quantitative estimate of drug-likeness (QED) is 0.867. The van der Waals surface area contributed by atoms with Gasteiger partial charge in [-0.1, -0.05) is 0 Å². The van der Waals surface area contributed by atoms with Gasteiger partial charge in [-0.15, -0.1) is 0 Å². The van der Waals surface area contributed by atoms with E-state index in [0.717, 1.165) is 5.82 Å². The highest BCUT2D eigenvalue weighted by molar-refractivity contribution is 5.97. The number of carbonyl (C=O) groups excluding carboxylic acids is 1. The van der Waals surface area contributed by atoms with Gasteiger partial charge in [0.1, 0.15) is 17.7 Å². The maximum Gasteiger partial charge on any atom is 0.244 e. The molecule has 3 heterocycles. The average Bonchev–Trinajstić information content (AvgIpc) is 3.03. The third kappa shape index (κ3) is 2.93. The summed E-state index contributed by atoms with van der Waals surface area (Å²) in [5.74, 6) is 0.544. The van der Waals surface area contributed by atoms with E-state index in [2.05, 4.69) is 15.3 Å². The van der Waals surface area contributed by atoms with Gasteiger partial charge in [-0.3, -0.25) is 9.36 Å². The van der Waals surface area contributed by atoms with Gasteiger partial charge in [0.2, 0.25) is 5.91 Å². The van der Waals surface area contributed by atoms with Crippen molar-refractivity contribution in [2.75, 3.05) is 18.5 Å². The van der Waals surface area contributed by atoms with Gasteiger partial charge in [-0.05, 0) is 25.0 Å². The van der Waals surface area contributed by atoms with Crippen LogP contribution in [0.1, 0.15) is 12.8 Å². The van der Waals surface area contributed by atoms with E-state index in [1.54, 1.807) is 35.6 Å². The monoisotopic (exact) mass is 287 g/mol. The Kier molecular flexibility index (Phi) is 3.68. The summed E-state index contributed by atoms with van der Waals surface area (Å²) in [4.78, 5) is 20.5. The van der Waals surface area contributed by atoms with E-state index in [1.807, 2.05) is 6.07 Å². The molecule has 3 rings (SSSR count). The van der Waals surface area contributed by atoms with E-state index in [1.165, 1.54) is 0 Å². The fraction of sp³-hybridized carbons (Fsp3) is 0.357. The van der Waals surface area contributed by atoms with Crippen LogP contribution in [0.3, 0.4) is 0 Å². The molecule has 0 radical (unpaired) electrons. The minimum Gasteiger partial charge on any atom is -0.381 e. The number of nitrogens with zero attached hydrogens (tertiary/aromatic N) is 3. The molecule has 2 aromatic heterocycles. The topological polar surface area (TPSA) is 95.1 Å². The first-order chi connectivity index (χ1) is 10.2. The van der Waals surface area contributed by atoms with E-state index in [0.29, 0.717) is 31.7 Å². The molecule has 21 heavy (non-hydrogen) atoms. The highest BCUT2D eigenvalue weighted by Crippen LogP contribution is 2.20. The van der Waals surface area contributed by atoms with E-state index >= 15 is 0 Å². The van der Waals surface area contributed by atoms with Gasteiger partial charge < -0.3 is 15.8 Å². The zero-order chi connectivity index (χ0) is 14.7. The number of aromatic nitrogens is 3. The van der Waals surface area contributed by atoms with Crippen LogP contribution in [0.25, 0.3) is 5.82 Å². The Morgan fingerprint density at radius 3 is 2.81 bits per heavy atom. The minimum atomic E-state index is -0.860. The van der Waals surface area contributed by atoms with E-state index in [4.69, 9.17) is 10.5 Å². The number of imidazole rings is 1. The van der Waals surface area contributed by atoms with Crippen LogP contribution in [0.2, 0.25) is 0 Å². The fourth-order valence-corrected chi connectivity index (χ4v) is 2.23. The van der Waals surface area contributed by atoms with E-state index in [9.17, 15) is 4.79 Å². The Hall–Kier alpha value is -2.25. The van der Waals surface area contributed by atoms with Crippen LogP contribution in [0.4, 0.5) is 5.69 Å². The molecule has 0 spiro atoms. The molecule has 1 aliphatic heterocycles. The summed E-state index contributed by atoms with van der Waals surface area (Å²) in [5, 5.41) is 2.82. The molecule has 3 N–H and O–H groups in total. The molecule has 1 aliphatic rings. The molecule has 0 unspecified atom stereocenters. The number of anilines is 1. The van der Waals surface area contributed by atoms with Crippen molar-refractivity contribution in [2.24, 2.45) is 5.73 Å². The maximum absolute atomic E-state index is 12.3. The SMILES string of the molecule is NC1(C(=O)Nc2ccc(-n3ccnc3)nc2)CCOCC1. The highest BCUT2D eigenvalue weighted by atomic mass is 16.5. The molecule has 1 saturated heterocycles. The van der Waals surface area contributed by atoms with Crippen molar-refractivity contribution < 1.29 is 9.53 Å². The van der Waals surface area contributed by atoms with Crippen LogP contribution in [0.5, 0.6) is 0 Å². The molecular weight excluding hydrogens is 270 g/mol. The predicted octanol–water partition coefficient (Wildman–Crippen LogP) is 0.714. The Labute approximate surface area is 122 Å². The normalized spacial score (nSPS) is 17.4. The number of hydrogen-bond donors (Lipinski definition) is 2. The molecular formula is C14H17N5O2. The maximum atomic E-state index is 12.3. The first-order valence-corrected chi connectivity index (χ1v) is 6.80. The lowest BCUT2D eigenvalue weighted by Crippen LogP contribution is -2.54. The van der Waals surface area contributed by atoms with Crippen molar-refractivity contribution in [3.63, 3.8) is 0 Å². The summed E-state index contributed by atoms with van der Waals surface area (Å²) in [5.41, 5.74) is 5.90. The molecule has 7 nitrogen and oxygen atoms in total. The Balaban J connectivity index is 1.69. The van der Waals surface area contributed by atoms with Crippen molar-refractivity contribution in [3.05, 3.63) is 37.1 Å². The van der Waals surface area contributed by atoms with Crippen LogP contribution in [-0.2, 0) is 9.53 Å². The summed E-state index contributed by atoms with van der Waals surface area (Å²) in [6.07, 6.45) is 7.81. The lowest BCUT2D eigenvalue weighted by atomic mass is 9.90. The molecule has 0 aromatic carbocycles. The number of nitrogens with one attached hydrogen (secondary N) is 1. The van der Waals surface area contributed by atoms with Crippen molar-refractivity contribution in [3.8, 4) is 5.82 Å². The number of hydrogen-bond acceptors (Lipinski definition) is 5. The number of rotatable bonds is 3. The summed E-state index contributed by atoms with van der Waals surface area (Å²) >= 11 is 0. The average molecular weight is 287 g/mol. The predicted molar refractivity (Wildman–Crippen MR) is 77.0 cm³/mol. The molecule has 1 amide bonds. The highest BCUT2D eigenvalue weighted by Gasteiger charge is 2.35. The second-order valence-corrected chi connectivity index (χ2v) is 5.10. The zero-order valence-corrected chi connectivity index (χ0v) is 11.5. The van der Waals surface area contributed by atoms with Gasteiger partial charge in [0.15, 0.2) is 0 Å². The molecule has 1 fully saturated rings. The Morgan fingerprint density at radius 1 is 1.38 bits per heavy atom. The number of carbonyl (C=O) groups is 1. The van der Waals surface area contributed by atoms with Gasteiger partial charge in [0.25, 0.3) is 0 Å². The van der Waals surface area contributed by atoms with Crippen LogP contribution in [0, 0.1) is 0 Å². The van der Waals surface area contributed by atoms with Gasteiger partial charge in [-0.25, -0.2) is 9.97 Å². The van der Waals surface area contributed by atoms with Gasteiger partial charge >= 0.3 is 0 Å². The van der Waals surface area contributed by atoms with Crippen LogP contribution >= 0.6 is 0 Å². The second-order valence-electron chi connectivity index (χ2n) is 5.10. The number of nitrogens with two attached hydrogens (primary N) is 1. The fourth-order valence-electron chi connectivity index (χ4n) is 2.23. The Morgan fingerprint density at radius 2 is 2.19 bits per heavy atom. The smallest absolute Gasteiger partial charge is 0.244 e. The first-order valence-electron chi connectivity index (χ1n) is 6.80. The number of ether oxygens (including phenoxy) is 1. The molecule has 0 atom stereocenters. The molecule has 110 valence electrons. The van der Waals surface area contributed by atoms with Crippen molar-refractivity contribution in [1.29, 1.82) is 0 Å². The largest absolute Gasteiger partial charge is 0.381 e. The van der Waals surface area contributed by atoms with Gasteiger partial charge in [-0.2, -0.15) is 0 Å². The summed E-state index contributed by atoms with van der Waals surface area (Å²) in [6.45, 7) is 1.03. The minimum absolute atomic E-state index is 0.192. The van der Waals surface area contributed by atoms with Crippen molar-refractivity contribution in [1.82, 2.24) is 14.5 Å².